The number of nitrogens with zero attached hydrogens (tertiary/aromatic N) is 3. The highest BCUT2D eigenvalue weighted by Crippen LogP contribution is 2.33. The van der Waals surface area contributed by atoms with Gasteiger partial charge in [-0.25, -0.2) is 13.4 Å². The minimum atomic E-state index is -3.41. The normalized spacial score (nSPS) is 16.4. The maximum absolute atomic E-state index is 12.7. The molecular formula is C19H21N3O2S. The average molecular weight is 355 g/mol. The molecule has 4 rings (SSSR count). The van der Waals surface area contributed by atoms with E-state index in [0.717, 1.165) is 16.9 Å². The summed E-state index contributed by atoms with van der Waals surface area (Å²) in [4.78, 5) is 5.11. The van der Waals surface area contributed by atoms with Gasteiger partial charge in [-0.1, -0.05) is 44.2 Å². The zero-order valence-electron chi connectivity index (χ0n) is 14.3. The van der Waals surface area contributed by atoms with Crippen molar-refractivity contribution >= 4 is 21.1 Å². The summed E-state index contributed by atoms with van der Waals surface area (Å²) in [6.45, 7) is 5.21. The standard InChI is InChI=1S/C19H21N3O2S/c1-14(2)19-20-17-10-6-7-11-18(17)22(19)15-12-21(13-15)25(23,24)16-8-4-3-5-9-16/h3-11,14-15H,12-13H2,1-2H3. The second kappa shape index (κ2) is 5.97. The topological polar surface area (TPSA) is 55.2 Å². The van der Waals surface area contributed by atoms with E-state index in [1.165, 1.54) is 0 Å². The van der Waals surface area contributed by atoms with Gasteiger partial charge in [0, 0.05) is 19.0 Å². The van der Waals surface area contributed by atoms with E-state index in [-0.39, 0.29) is 12.0 Å². The molecule has 0 bridgehead atoms. The molecule has 0 N–H and O–H groups in total. The fourth-order valence-electron chi connectivity index (χ4n) is 3.37. The molecule has 1 saturated heterocycles. The molecule has 1 fully saturated rings. The number of rotatable bonds is 4. The number of hydrogen-bond donors (Lipinski definition) is 0. The molecule has 0 spiro atoms. The minimum absolute atomic E-state index is 0.128. The van der Waals surface area contributed by atoms with Crippen LogP contribution in [0.5, 0.6) is 0 Å². The number of sulfonamides is 1. The molecule has 25 heavy (non-hydrogen) atoms. The number of imidazole rings is 1. The second-order valence-corrected chi connectivity index (χ2v) is 8.71. The molecule has 1 aliphatic rings. The Labute approximate surface area is 148 Å². The van der Waals surface area contributed by atoms with Gasteiger partial charge in [-0.2, -0.15) is 4.31 Å². The summed E-state index contributed by atoms with van der Waals surface area (Å²) in [5.74, 6) is 1.30. The highest BCUT2D eigenvalue weighted by atomic mass is 32.2. The van der Waals surface area contributed by atoms with Gasteiger partial charge in [0.25, 0.3) is 0 Å². The lowest BCUT2D eigenvalue weighted by atomic mass is 10.1. The van der Waals surface area contributed by atoms with Gasteiger partial charge >= 0.3 is 0 Å². The first-order valence-corrected chi connectivity index (χ1v) is 9.94. The predicted octanol–water partition coefficient (Wildman–Crippen LogP) is 3.41. The summed E-state index contributed by atoms with van der Waals surface area (Å²) in [6, 6.07) is 16.8. The summed E-state index contributed by atoms with van der Waals surface area (Å²) in [5.41, 5.74) is 2.04. The number of aromatic nitrogens is 2. The van der Waals surface area contributed by atoms with Crippen LogP contribution < -0.4 is 0 Å². The lowest BCUT2D eigenvalue weighted by Crippen LogP contribution is -2.50. The fourth-order valence-corrected chi connectivity index (χ4v) is 4.91. The van der Waals surface area contributed by atoms with Gasteiger partial charge in [-0.05, 0) is 24.3 Å². The molecule has 0 radical (unpaired) electrons. The van der Waals surface area contributed by atoms with E-state index in [1.807, 2.05) is 24.3 Å². The van der Waals surface area contributed by atoms with E-state index < -0.39 is 10.0 Å². The van der Waals surface area contributed by atoms with E-state index >= 15 is 0 Å². The lowest BCUT2D eigenvalue weighted by molar-refractivity contribution is 0.204. The minimum Gasteiger partial charge on any atom is -0.322 e. The molecular weight excluding hydrogens is 334 g/mol. The molecule has 2 heterocycles. The SMILES string of the molecule is CC(C)c1nc2ccccc2n1C1CN(S(=O)(=O)c2ccccc2)C1. The van der Waals surface area contributed by atoms with Gasteiger partial charge in [-0.15, -0.1) is 0 Å². The highest BCUT2D eigenvalue weighted by molar-refractivity contribution is 7.89. The summed E-state index contributed by atoms with van der Waals surface area (Å²) in [5, 5.41) is 0. The first kappa shape index (κ1) is 16.3. The van der Waals surface area contributed by atoms with Crippen LogP contribution in [0.2, 0.25) is 0 Å². The van der Waals surface area contributed by atoms with Crippen molar-refractivity contribution in [3.63, 3.8) is 0 Å². The van der Waals surface area contributed by atoms with Gasteiger partial charge < -0.3 is 4.57 Å². The molecule has 0 aliphatic carbocycles. The molecule has 2 aromatic carbocycles. The summed E-state index contributed by atoms with van der Waals surface area (Å²) < 4.78 is 29.2. The third-order valence-electron chi connectivity index (χ3n) is 4.71. The van der Waals surface area contributed by atoms with E-state index in [9.17, 15) is 8.42 Å². The van der Waals surface area contributed by atoms with Crippen LogP contribution in [0.4, 0.5) is 0 Å². The van der Waals surface area contributed by atoms with E-state index in [4.69, 9.17) is 4.98 Å². The van der Waals surface area contributed by atoms with E-state index in [2.05, 4.69) is 24.5 Å². The fraction of sp³-hybridized carbons (Fsp3) is 0.316. The monoisotopic (exact) mass is 355 g/mol. The van der Waals surface area contributed by atoms with Crippen LogP contribution in [-0.4, -0.2) is 35.4 Å². The number of benzene rings is 2. The predicted molar refractivity (Wildman–Crippen MR) is 98.1 cm³/mol. The van der Waals surface area contributed by atoms with E-state index in [0.29, 0.717) is 18.0 Å². The maximum atomic E-state index is 12.7. The van der Waals surface area contributed by atoms with Crippen molar-refractivity contribution in [3.05, 3.63) is 60.4 Å². The van der Waals surface area contributed by atoms with Gasteiger partial charge in [-0.3, -0.25) is 0 Å². The van der Waals surface area contributed by atoms with Gasteiger partial charge in [0.15, 0.2) is 0 Å². The Morgan fingerprint density at radius 3 is 2.32 bits per heavy atom. The van der Waals surface area contributed by atoms with Crippen molar-refractivity contribution in [1.29, 1.82) is 0 Å². The highest BCUT2D eigenvalue weighted by Gasteiger charge is 2.39. The average Bonchev–Trinajstić information content (AvgIpc) is 2.94. The van der Waals surface area contributed by atoms with Crippen LogP contribution in [0.15, 0.2) is 59.5 Å². The van der Waals surface area contributed by atoms with Crippen LogP contribution in [0.1, 0.15) is 31.6 Å². The largest absolute Gasteiger partial charge is 0.322 e. The first-order chi connectivity index (χ1) is 12.0. The maximum Gasteiger partial charge on any atom is 0.243 e. The smallest absolute Gasteiger partial charge is 0.243 e. The molecule has 1 aromatic heterocycles. The molecule has 0 unspecified atom stereocenters. The van der Waals surface area contributed by atoms with Gasteiger partial charge in [0.2, 0.25) is 10.0 Å². The molecule has 6 heteroatoms. The Hall–Kier alpha value is -2.18. The van der Waals surface area contributed by atoms with Crippen LogP contribution in [0.3, 0.4) is 0 Å². The second-order valence-electron chi connectivity index (χ2n) is 6.77. The van der Waals surface area contributed by atoms with Crippen molar-refractivity contribution in [1.82, 2.24) is 13.9 Å². The van der Waals surface area contributed by atoms with Crippen molar-refractivity contribution in [2.75, 3.05) is 13.1 Å². The van der Waals surface area contributed by atoms with Crippen LogP contribution in [-0.2, 0) is 10.0 Å². The van der Waals surface area contributed by atoms with Crippen LogP contribution in [0.25, 0.3) is 11.0 Å². The summed E-state index contributed by atoms with van der Waals surface area (Å²) in [6.07, 6.45) is 0. The van der Waals surface area contributed by atoms with Gasteiger partial charge in [0.1, 0.15) is 5.82 Å². The van der Waals surface area contributed by atoms with Crippen molar-refractivity contribution in [2.45, 2.75) is 30.7 Å². The van der Waals surface area contributed by atoms with Crippen molar-refractivity contribution in [3.8, 4) is 0 Å². The Morgan fingerprint density at radius 2 is 1.64 bits per heavy atom. The molecule has 0 amide bonds. The molecule has 3 aromatic rings. The molecule has 5 nitrogen and oxygen atoms in total. The summed E-state index contributed by atoms with van der Waals surface area (Å²) in [7, 11) is -3.41. The number of fused-ring (bicyclic) bond motifs is 1. The van der Waals surface area contributed by atoms with Crippen LogP contribution in [0, 0.1) is 0 Å². The first-order valence-electron chi connectivity index (χ1n) is 8.50. The lowest BCUT2D eigenvalue weighted by Gasteiger charge is -2.40. The number of para-hydroxylation sites is 2. The van der Waals surface area contributed by atoms with E-state index in [1.54, 1.807) is 28.6 Å². The Bertz CT molecular complexity index is 1000. The molecule has 0 atom stereocenters. The van der Waals surface area contributed by atoms with Crippen molar-refractivity contribution < 1.29 is 8.42 Å². The molecule has 1 aliphatic heterocycles. The Balaban J connectivity index is 1.65. The third kappa shape index (κ3) is 2.65. The Kier molecular flexibility index (Phi) is 3.89. The summed E-state index contributed by atoms with van der Waals surface area (Å²) >= 11 is 0. The van der Waals surface area contributed by atoms with Crippen molar-refractivity contribution in [2.24, 2.45) is 0 Å². The van der Waals surface area contributed by atoms with Crippen LogP contribution >= 0.6 is 0 Å². The number of hydrogen-bond acceptors (Lipinski definition) is 3. The zero-order valence-corrected chi connectivity index (χ0v) is 15.1. The molecule has 130 valence electrons. The quantitative estimate of drug-likeness (QED) is 0.721. The van der Waals surface area contributed by atoms with Gasteiger partial charge in [0.05, 0.1) is 22.0 Å². The zero-order chi connectivity index (χ0) is 17.6. The molecule has 0 saturated carbocycles. The third-order valence-corrected chi connectivity index (χ3v) is 6.56. The Morgan fingerprint density at radius 1 is 1.00 bits per heavy atom.